The molecule has 146 valence electrons. The number of amides is 1. The van der Waals surface area contributed by atoms with Gasteiger partial charge in [0.15, 0.2) is 9.84 Å². The zero-order chi connectivity index (χ0) is 19.2. The number of anilines is 1. The summed E-state index contributed by atoms with van der Waals surface area (Å²) >= 11 is 0. The average Bonchev–Trinajstić information content (AvgIpc) is 3.39. The van der Waals surface area contributed by atoms with E-state index in [2.05, 4.69) is 4.90 Å². The Balaban J connectivity index is 1.65. The molecule has 2 heterocycles. The van der Waals surface area contributed by atoms with Gasteiger partial charge in [-0.2, -0.15) is 0 Å². The summed E-state index contributed by atoms with van der Waals surface area (Å²) < 4.78 is 23.3. The Morgan fingerprint density at radius 1 is 1.11 bits per heavy atom. The molecular weight excluding hydrogens is 370 g/mol. The van der Waals surface area contributed by atoms with Gasteiger partial charge in [0.2, 0.25) is 0 Å². The van der Waals surface area contributed by atoms with Gasteiger partial charge in [-0.25, -0.2) is 8.42 Å². The van der Waals surface area contributed by atoms with Crippen molar-refractivity contribution in [1.29, 1.82) is 0 Å². The fraction of sp³-hybridized carbons (Fsp3) is 0.611. The third-order valence-corrected chi connectivity index (χ3v) is 7.62. The van der Waals surface area contributed by atoms with E-state index in [9.17, 15) is 23.3 Å². The Bertz CT molecular complexity index is 880. The Hall–Kier alpha value is -2.16. The van der Waals surface area contributed by atoms with E-state index >= 15 is 0 Å². The zero-order valence-electron chi connectivity index (χ0n) is 15.1. The van der Waals surface area contributed by atoms with Gasteiger partial charge in [0.1, 0.15) is 0 Å². The van der Waals surface area contributed by atoms with Crippen LogP contribution in [0.15, 0.2) is 18.2 Å². The van der Waals surface area contributed by atoms with E-state index in [4.69, 9.17) is 0 Å². The summed E-state index contributed by atoms with van der Waals surface area (Å²) in [6.07, 6.45) is 4.53. The standard InChI is InChI=1S/C18H23N3O5S/c22-17(19-8-10-27(25,26)11-9-19)15-3-2-14(21(23)24)12-16(15)20-7-1-4-18(13-20)5-6-18/h2-3,12H,1,4-11,13H2. The van der Waals surface area contributed by atoms with Gasteiger partial charge >= 0.3 is 0 Å². The van der Waals surface area contributed by atoms with Crippen LogP contribution < -0.4 is 4.90 Å². The lowest BCUT2D eigenvalue weighted by molar-refractivity contribution is -0.384. The van der Waals surface area contributed by atoms with E-state index in [1.165, 1.54) is 37.5 Å². The molecule has 1 spiro atoms. The van der Waals surface area contributed by atoms with Gasteiger partial charge < -0.3 is 9.80 Å². The number of benzene rings is 1. The van der Waals surface area contributed by atoms with Crippen molar-refractivity contribution in [2.24, 2.45) is 5.41 Å². The largest absolute Gasteiger partial charge is 0.370 e. The van der Waals surface area contributed by atoms with Crippen LogP contribution in [0.1, 0.15) is 36.0 Å². The van der Waals surface area contributed by atoms with Gasteiger partial charge in [-0.1, -0.05) is 0 Å². The molecule has 1 aromatic rings. The highest BCUT2D eigenvalue weighted by Crippen LogP contribution is 2.53. The third-order valence-electron chi connectivity index (χ3n) is 6.01. The zero-order valence-corrected chi connectivity index (χ0v) is 15.9. The van der Waals surface area contributed by atoms with Crippen LogP contribution in [0.5, 0.6) is 0 Å². The second kappa shape index (κ2) is 6.47. The molecule has 2 aliphatic heterocycles. The highest BCUT2D eigenvalue weighted by Gasteiger charge is 2.46. The number of sulfone groups is 1. The molecule has 9 heteroatoms. The quantitative estimate of drug-likeness (QED) is 0.574. The van der Waals surface area contributed by atoms with Crippen LogP contribution in [-0.4, -0.2) is 61.8 Å². The summed E-state index contributed by atoms with van der Waals surface area (Å²) in [5.74, 6) is -0.313. The van der Waals surface area contributed by atoms with Gasteiger partial charge in [0.25, 0.3) is 11.6 Å². The van der Waals surface area contributed by atoms with Gasteiger partial charge in [-0.15, -0.1) is 0 Å². The predicted octanol–water partition coefficient (Wildman–Crippen LogP) is 1.85. The lowest BCUT2D eigenvalue weighted by Gasteiger charge is -2.36. The van der Waals surface area contributed by atoms with Crippen molar-refractivity contribution in [1.82, 2.24) is 4.90 Å². The van der Waals surface area contributed by atoms with Crippen LogP contribution in [0.3, 0.4) is 0 Å². The number of hydrogen-bond donors (Lipinski definition) is 0. The smallest absolute Gasteiger partial charge is 0.271 e. The molecule has 0 bridgehead atoms. The Labute approximate surface area is 158 Å². The number of carbonyl (C=O) groups excluding carboxylic acids is 1. The van der Waals surface area contributed by atoms with Crippen LogP contribution in [0.2, 0.25) is 0 Å². The highest BCUT2D eigenvalue weighted by atomic mass is 32.2. The van der Waals surface area contributed by atoms with Crippen molar-refractivity contribution in [3.05, 3.63) is 33.9 Å². The van der Waals surface area contributed by atoms with E-state index in [0.717, 1.165) is 19.5 Å². The Morgan fingerprint density at radius 3 is 2.44 bits per heavy atom. The van der Waals surface area contributed by atoms with E-state index < -0.39 is 14.8 Å². The fourth-order valence-electron chi connectivity index (χ4n) is 4.16. The van der Waals surface area contributed by atoms with Gasteiger partial charge in [0, 0.05) is 38.3 Å². The first-order valence-corrected chi connectivity index (χ1v) is 11.1. The van der Waals surface area contributed by atoms with Gasteiger partial charge in [-0.05, 0) is 37.2 Å². The molecule has 0 N–H and O–H groups in total. The van der Waals surface area contributed by atoms with Crippen molar-refractivity contribution >= 4 is 27.1 Å². The molecule has 3 aliphatic rings. The Kier molecular flexibility index (Phi) is 4.37. The minimum atomic E-state index is -3.08. The lowest BCUT2D eigenvalue weighted by Crippen LogP contribution is -2.44. The molecule has 0 aromatic heterocycles. The summed E-state index contributed by atoms with van der Waals surface area (Å²) in [5, 5.41) is 11.3. The summed E-state index contributed by atoms with van der Waals surface area (Å²) in [4.78, 5) is 27.5. The minimum absolute atomic E-state index is 0.0295. The van der Waals surface area contributed by atoms with Gasteiger partial charge in [-0.3, -0.25) is 14.9 Å². The van der Waals surface area contributed by atoms with Crippen LogP contribution in [0.4, 0.5) is 11.4 Å². The second-order valence-corrected chi connectivity index (χ2v) is 10.2. The molecule has 0 unspecified atom stereocenters. The summed E-state index contributed by atoms with van der Waals surface area (Å²) in [7, 11) is -3.08. The van der Waals surface area contributed by atoms with Crippen molar-refractivity contribution in [3.63, 3.8) is 0 Å². The summed E-state index contributed by atoms with van der Waals surface area (Å²) in [6.45, 7) is 1.93. The summed E-state index contributed by atoms with van der Waals surface area (Å²) in [5.41, 5.74) is 1.31. The molecule has 3 fully saturated rings. The van der Waals surface area contributed by atoms with Crippen LogP contribution in [-0.2, 0) is 9.84 Å². The molecular formula is C18H23N3O5S. The van der Waals surface area contributed by atoms with E-state index in [0.29, 0.717) is 16.7 Å². The van der Waals surface area contributed by atoms with Crippen LogP contribution in [0.25, 0.3) is 0 Å². The molecule has 2 saturated heterocycles. The molecule has 27 heavy (non-hydrogen) atoms. The highest BCUT2D eigenvalue weighted by molar-refractivity contribution is 7.91. The minimum Gasteiger partial charge on any atom is -0.370 e. The summed E-state index contributed by atoms with van der Waals surface area (Å²) in [6, 6.07) is 4.37. The monoisotopic (exact) mass is 393 g/mol. The number of piperidine rings is 1. The van der Waals surface area contributed by atoms with Crippen molar-refractivity contribution in [2.75, 3.05) is 42.6 Å². The Morgan fingerprint density at radius 2 is 1.81 bits per heavy atom. The molecule has 4 rings (SSSR count). The first kappa shape index (κ1) is 18.2. The first-order valence-electron chi connectivity index (χ1n) is 9.32. The number of non-ortho nitro benzene ring substituents is 1. The number of nitrogens with zero attached hydrogens (tertiary/aromatic N) is 3. The van der Waals surface area contributed by atoms with Crippen molar-refractivity contribution < 1.29 is 18.1 Å². The van der Waals surface area contributed by atoms with Crippen molar-refractivity contribution in [2.45, 2.75) is 25.7 Å². The molecule has 1 aliphatic carbocycles. The lowest BCUT2D eigenvalue weighted by atomic mass is 9.94. The van der Waals surface area contributed by atoms with E-state index in [1.807, 2.05) is 0 Å². The normalized spacial score (nSPS) is 23.3. The molecule has 1 aromatic carbocycles. The first-order chi connectivity index (χ1) is 12.8. The number of carbonyl (C=O) groups is 1. The molecule has 1 saturated carbocycles. The third kappa shape index (κ3) is 3.65. The van der Waals surface area contributed by atoms with Crippen molar-refractivity contribution in [3.8, 4) is 0 Å². The topological polar surface area (TPSA) is 101 Å². The van der Waals surface area contributed by atoms with E-state index in [1.54, 1.807) is 4.90 Å². The van der Waals surface area contributed by atoms with Crippen LogP contribution in [0, 0.1) is 15.5 Å². The fourth-order valence-corrected chi connectivity index (χ4v) is 5.36. The number of nitro groups is 1. The maximum atomic E-state index is 13.1. The number of rotatable bonds is 3. The van der Waals surface area contributed by atoms with E-state index in [-0.39, 0.29) is 36.2 Å². The molecule has 0 radical (unpaired) electrons. The average molecular weight is 393 g/mol. The molecule has 1 amide bonds. The molecule has 0 atom stereocenters. The number of nitro benzene ring substituents is 1. The van der Waals surface area contributed by atoms with Gasteiger partial charge in [0.05, 0.1) is 27.7 Å². The maximum absolute atomic E-state index is 13.1. The maximum Gasteiger partial charge on any atom is 0.271 e. The predicted molar refractivity (Wildman–Crippen MR) is 101 cm³/mol. The second-order valence-electron chi connectivity index (χ2n) is 7.93. The van der Waals surface area contributed by atoms with Crippen LogP contribution >= 0.6 is 0 Å². The number of hydrogen-bond acceptors (Lipinski definition) is 6. The molecule has 8 nitrogen and oxygen atoms in total. The SMILES string of the molecule is O=C(c1ccc([N+](=O)[O-])cc1N1CCCC2(CC2)C1)N1CCS(=O)(=O)CC1.